The first kappa shape index (κ1) is 13.3. The zero-order valence-corrected chi connectivity index (χ0v) is 11.1. The van der Waals surface area contributed by atoms with Crippen LogP contribution in [0, 0.1) is 12.9 Å². The number of nitrogens with zero attached hydrogens (tertiary/aromatic N) is 2. The summed E-state index contributed by atoms with van der Waals surface area (Å²) in [6.45, 7) is 1.41. The highest BCUT2D eigenvalue weighted by Crippen LogP contribution is 2.22. The minimum atomic E-state index is -4.06. The molecule has 1 heterocycles. The van der Waals surface area contributed by atoms with Crippen molar-refractivity contribution in [1.82, 2.24) is 9.78 Å². The SMILES string of the molecule is Cc1nn(C)c(F)c1S(=O)(=O)Nc1ccc(O)cc1. The molecule has 0 fully saturated rings. The topological polar surface area (TPSA) is 84.2 Å². The number of aromatic hydroxyl groups is 1. The normalized spacial score (nSPS) is 11.5. The number of sulfonamides is 1. The molecule has 0 saturated carbocycles. The second-order valence-corrected chi connectivity index (χ2v) is 5.60. The van der Waals surface area contributed by atoms with Crippen molar-refractivity contribution in [3.8, 4) is 5.75 Å². The van der Waals surface area contributed by atoms with Crippen LogP contribution in [-0.2, 0) is 17.1 Å². The Kier molecular flexibility index (Phi) is 3.19. The summed E-state index contributed by atoms with van der Waals surface area (Å²) in [5.74, 6) is -0.921. The Bertz CT molecular complexity index is 708. The number of aromatic nitrogens is 2. The number of halogens is 1. The summed E-state index contributed by atoms with van der Waals surface area (Å²) in [6.07, 6.45) is 0. The van der Waals surface area contributed by atoms with Gasteiger partial charge in [0.15, 0.2) is 4.90 Å². The lowest BCUT2D eigenvalue weighted by molar-refractivity contribution is 0.475. The van der Waals surface area contributed by atoms with E-state index in [1.807, 2.05) is 0 Å². The number of hydrogen-bond donors (Lipinski definition) is 2. The van der Waals surface area contributed by atoms with Crippen molar-refractivity contribution in [2.45, 2.75) is 11.8 Å². The maximum atomic E-state index is 13.7. The van der Waals surface area contributed by atoms with Crippen molar-refractivity contribution in [2.24, 2.45) is 7.05 Å². The molecule has 1 aromatic heterocycles. The molecule has 6 nitrogen and oxygen atoms in total. The van der Waals surface area contributed by atoms with Crippen LogP contribution in [-0.4, -0.2) is 23.3 Å². The Morgan fingerprint density at radius 2 is 1.89 bits per heavy atom. The number of nitrogens with one attached hydrogen (secondary N) is 1. The Morgan fingerprint density at radius 1 is 1.32 bits per heavy atom. The Labute approximate surface area is 109 Å². The molecule has 1 aromatic carbocycles. The van der Waals surface area contributed by atoms with Crippen molar-refractivity contribution >= 4 is 15.7 Å². The summed E-state index contributed by atoms with van der Waals surface area (Å²) < 4.78 is 41.0. The highest BCUT2D eigenvalue weighted by Gasteiger charge is 2.26. The van der Waals surface area contributed by atoms with E-state index >= 15 is 0 Å². The minimum absolute atomic E-state index is 0.00619. The number of anilines is 1. The molecule has 0 aliphatic rings. The third-order valence-electron chi connectivity index (χ3n) is 2.49. The summed E-state index contributed by atoms with van der Waals surface area (Å²) >= 11 is 0. The first-order valence-corrected chi connectivity index (χ1v) is 6.80. The highest BCUT2D eigenvalue weighted by atomic mass is 32.2. The van der Waals surface area contributed by atoms with E-state index in [2.05, 4.69) is 9.82 Å². The van der Waals surface area contributed by atoms with Crippen molar-refractivity contribution in [1.29, 1.82) is 0 Å². The van der Waals surface area contributed by atoms with Gasteiger partial charge in [0.2, 0.25) is 5.95 Å². The maximum absolute atomic E-state index is 13.7. The summed E-state index contributed by atoms with van der Waals surface area (Å²) in [7, 11) is -2.74. The van der Waals surface area contributed by atoms with Gasteiger partial charge in [0.25, 0.3) is 10.0 Å². The monoisotopic (exact) mass is 285 g/mol. The summed E-state index contributed by atoms with van der Waals surface area (Å²) in [4.78, 5) is -0.483. The molecule has 2 aromatic rings. The molecule has 8 heteroatoms. The fraction of sp³-hybridized carbons (Fsp3) is 0.182. The molecular formula is C11H12FN3O3S. The third kappa shape index (κ3) is 2.53. The molecule has 0 atom stereocenters. The van der Waals surface area contributed by atoms with Gasteiger partial charge in [-0.3, -0.25) is 4.72 Å². The summed E-state index contributed by atoms with van der Waals surface area (Å²) in [5, 5.41) is 12.8. The second-order valence-electron chi connectivity index (χ2n) is 3.98. The van der Waals surface area contributed by atoms with Gasteiger partial charge >= 0.3 is 0 Å². The van der Waals surface area contributed by atoms with Gasteiger partial charge in [-0.15, -0.1) is 0 Å². The Morgan fingerprint density at radius 3 is 2.37 bits per heavy atom. The first-order valence-electron chi connectivity index (χ1n) is 5.32. The zero-order chi connectivity index (χ0) is 14.2. The number of benzene rings is 1. The van der Waals surface area contributed by atoms with Gasteiger partial charge < -0.3 is 5.11 Å². The minimum Gasteiger partial charge on any atom is -0.508 e. The van der Waals surface area contributed by atoms with Crippen molar-refractivity contribution < 1.29 is 17.9 Å². The molecule has 0 spiro atoms. The van der Waals surface area contributed by atoms with Crippen LogP contribution in [0.25, 0.3) is 0 Å². The average Bonchev–Trinajstić information content (AvgIpc) is 2.56. The Hall–Kier alpha value is -2.09. The van der Waals surface area contributed by atoms with Crippen LogP contribution in [0.15, 0.2) is 29.2 Å². The molecule has 0 amide bonds. The largest absolute Gasteiger partial charge is 0.508 e. The van der Waals surface area contributed by atoms with Gasteiger partial charge in [-0.25, -0.2) is 13.1 Å². The zero-order valence-electron chi connectivity index (χ0n) is 10.3. The predicted molar refractivity (Wildman–Crippen MR) is 66.8 cm³/mol. The van der Waals surface area contributed by atoms with Crippen molar-refractivity contribution in [3.63, 3.8) is 0 Å². The fourth-order valence-corrected chi connectivity index (χ4v) is 2.98. The van der Waals surface area contributed by atoms with E-state index in [9.17, 15) is 12.8 Å². The van der Waals surface area contributed by atoms with E-state index < -0.39 is 20.9 Å². The first-order chi connectivity index (χ1) is 8.81. The molecule has 2 rings (SSSR count). The van der Waals surface area contributed by atoms with Crippen LogP contribution in [0.4, 0.5) is 10.1 Å². The molecule has 2 N–H and O–H groups in total. The summed E-state index contributed by atoms with van der Waals surface area (Å²) in [5.41, 5.74) is 0.298. The fourth-order valence-electron chi connectivity index (χ4n) is 1.65. The molecular weight excluding hydrogens is 273 g/mol. The predicted octanol–water partition coefficient (Wildman–Crippen LogP) is 1.37. The van der Waals surface area contributed by atoms with Gasteiger partial charge in [0.1, 0.15) is 5.75 Å². The van der Waals surface area contributed by atoms with Crippen molar-refractivity contribution in [3.05, 3.63) is 35.9 Å². The summed E-state index contributed by atoms with van der Waals surface area (Å²) in [6, 6.07) is 5.39. The van der Waals surface area contributed by atoms with Gasteiger partial charge in [-0.1, -0.05) is 0 Å². The van der Waals surface area contributed by atoms with Crippen LogP contribution in [0.5, 0.6) is 5.75 Å². The highest BCUT2D eigenvalue weighted by molar-refractivity contribution is 7.92. The van der Waals surface area contributed by atoms with Crippen LogP contribution >= 0.6 is 0 Å². The van der Waals surface area contributed by atoms with E-state index in [1.165, 1.54) is 38.2 Å². The van der Waals surface area contributed by atoms with Gasteiger partial charge in [0, 0.05) is 12.7 Å². The quantitative estimate of drug-likeness (QED) is 0.834. The molecule has 0 radical (unpaired) electrons. The lowest BCUT2D eigenvalue weighted by atomic mass is 10.3. The van der Waals surface area contributed by atoms with Gasteiger partial charge in [-0.2, -0.15) is 9.49 Å². The third-order valence-corrected chi connectivity index (χ3v) is 3.99. The number of aryl methyl sites for hydroxylation is 2. The van der Waals surface area contributed by atoms with Crippen LogP contribution < -0.4 is 4.72 Å². The van der Waals surface area contributed by atoms with Crippen molar-refractivity contribution in [2.75, 3.05) is 4.72 Å². The van der Waals surface area contributed by atoms with Gasteiger partial charge in [0.05, 0.1) is 5.69 Å². The number of phenolic OH excluding ortho intramolecular Hbond substituents is 1. The van der Waals surface area contributed by atoms with E-state index in [4.69, 9.17) is 5.11 Å². The van der Waals surface area contributed by atoms with Crippen LogP contribution in [0.1, 0.15) is 5.69 Å². The number of phenols is 1. The number of hydrogen-bond acceptors (Lipinski definition) is 4. The van der Waals surface area contributed by atoms with Crippen LogP contribution in [0.3, 0.4) is 0 Å². The van der Waals surface area contributed by atoms with Crippen LogP contribution in [0.2, 0.25) is 0 Å². The van der Waals surface area contributed by atoms with E-state index in [0.29, 0.717) is 0 Å². The molecule has 0 unspecified atom stereocenters. The standard InChI is InChI=1S/C11H12FN3O3S/c1-7-10(11(12)15(2)13-7)19(17,18)14-8-3-5-9(16)6-4-8/h3-6,14,16H,1-2H3. The Balaban J connectivity index is 2.40. The lowest BCUT2D eigenvalue weighted by Crippen LogP contribution is -2.15. The van der Waals surface area contributed by atoms with E-state index in [-0.39, 0.29) is 17.1 Å². The lowest BCUT2D eigenvalue weighted by Gasteiger charge is -2.07. The van der Waals surface area contributed by atoms with E-state index in [0.717, 1.165) is 4.68 Å². The molecule has 102 valence electrons. The second kappa shape index (κ2) is 4.54. The maximum Gasteiger partial charge on any atom is 0.268 e. The average molecular weight is 285 g/mol. The molecule has 0 aliphatic carbocycles. The van der Waals surface area contributed by atoms with E-state index in [1.54, 1.807) is 0 Å². The molecule has 0 bridgehead atoms. The number of rotatable bonds is 3. The molecule has 0 aliphatic heterocycles. The smallest absolute Gasteiger partial charge is 0.268 e. The molecule has 19 heavy (non-hydrogen) atoms. The van der Waals surface area contributed by atoms with Gasteiger partial charge in [-0.05, 0) is 31.2 Å². The molecule has 0 saturated heterocycles.